The van der Waals surface area contributed by atoms with Crippen molar-refractivity contribution in [3.8, 4) is 0 Å². The van der Waals surface area contributed by atoms with Crippen LogP contribution < -0.4 is 4.72 Å². The largest absolute Gasteiger partial charge is 0.598 e. The van der Waals surface area contributed by atoms with Gasteiger partial charge in [-0.1, -0.05) is 6.07 Å². The molecule has 3 nitrogen and oxygen atoms in total. The van der Waals surface area contributed by atoms with Gasteiger partial charge >= 0.3 is 6.18 Å². The van der Waals surface area contributed by atoms with E-state index in [4.69, 9.17) is 0 Å². The zero-order valence-electron chi connectivity index (χ0n) is 10.6. The van der Waals surface area contributed by atoms with E-state index in [2.05, 4.69) is 25.6 Å². The van der Waals surface area contributed by atoms with Gasteiger partial charge in [0.1, 0.15) is 9.35 Å². The molecule has 1 aromatic rings. The smallest absolute Gasteiger partial charge is 0.412 e. The number of pyridine rings is 1. The highest BCUT2D eigenvalue weighted by molar-refractivity contribution is 9.10. The molecule has 0 radical (unpaired) electrons. The fourth-order valence-electron chi connectivity index (χ4n) is 1.17. The molecule has 0 aromatic carbocycles. The Morgan fingerprint density at radius 1 is 1.32 bits per heavy atom. The molecule has 0 saturated heterocycles. The summed E-state index contributed by atoms with van der Waals surface area (Å²) in [5.41, 5.74) is -0.0756. The van der Waals surface area contributed by atoms with Crippen molar-refractivity contribution in [1.82, 2.24) is 9.71 Å². The summed E-state index contributed by atoms with van der Waals surface area (Å²) in [6, 6.07) is 0.700. The van der Waals surface area contributed by atoms with E-state index in [1.165, 1.54) is 12.1 Å². The molecule has 0 unspecified atom stereocenters. The van der Waals surface area contributed by atoms with E-state index in [0.29, 0.717) is 4.60 Å². The first-order chi connectivity index (χ1) is 8.51. The lowest BCUT2D eigenvalue weighted by Crippen LogP contribution is -2.45. The Bertz CT molecular complexity index is 419. The van der Waals surface area contributed by atoms with Crippen molar-refractivity contribution in [2.24, 2.45) is 0 Å². The Balaban J connectivity index is 3.00. The Morgan fingerprint density at radius 3 is 2.26 bits per heavy atom. The predicted octanol–water partition coefficient (Wildman–Crippen LogP) is 3.50. The van der Waals surface area contributed by atoms with Crippen molar-refractivity contribution >= 4 is 27.3 Å². The van der Waals surface area contributed by atoms with Crippen LogP contribution in [0.1, 0.15) is 32.4 Å². The van der Waals surface area contributed by atoms with Crippen LogP contribution in [-0.4, -0.2) is 20.5 Å². The van der Waals surface area contributed by atoms with Gasteiger partial charge in [-0.15, -0.1) is 4.72 Å². The van der Waals surface area contributed by atoms with E-state index >= 15 is 0 Å². The van der Waals surface area contributed by atoms with Gasteiger partial charge in [-0.25, -0.2) is 4.98 Å². The van der Waals surface area contributed by atoms with Crippen molar-refractivity contribution in [2.75, 3.05) is 0 Å². The summed E-state index contributed by atoms with van der Waals surface area (Å²) in [5.74, 6) is 0. The highest BCUT2D eigenvalue weighted by Gasteiger charge is 2.45. The molecule has 2 atom stereocenters. The Morgan fingerprint density at radius 2 is 1.89 bits per heavy atom. The van der Waals surface area contributed by atoms with Crippen LogP contribution in [0, 0.1) is 0 Å². The number of rotatable bonds is 3. The summed E-state index contributed by atoms with van der Waals surface area (Å²) in [7, 11) is 0. The average molecular weight is 359 g/mol. The molecular weight excluding hydrogens is 345 g/mol. The summed E-state index contributed by atoms with van der Waals surface area (Å²) in [5, 5.41) is 0. The van der Waals surface area contributed by atoms with Crippen LogP contribution >= 0.6 is 15.9 Å². The van der Waals surface area contributed by atoms with Crippen molar-refractivity contribution in [3.05, 3.63) is 28.5 Å². The minimum absolute atomic E-state index is 0.0756. The van der Waals surface area contributed by atoms with E-state index in [1.807, 2.05) is 0 Å². The molecule has 108 valence electrons. The molecule has 1 rings (SSSR count). The number of aromatic nitrogens is 1. The van der Waals surface area contributed by atoms with Crippen LogP contribution in [0.2, 0.25) is 0 Å². The molecule has 0 bridgehead atoms. The van der Waals surface area contributed by atoms with Gasteiger partial charge in [0.25, 0.3) is 0 Å². The SMILES string of the molecule is CC(C)(C)[S@+]([O-])N[C@H](c1ccc(Br)nc1)C(F)(F)F. The number of alkyl halides is 3. The number of nitrogens with zero attached hydrogens (tertiary/aromatic N) is 1. The van der Waals surface area contributed by atoms with Crippen LogP contribution in [0.4, 0.5) is 13.2 Å². The maximum Gasteiger partial charge on any atom is 0.412 e. The quantitative estimate of drug-likeness (QED) is 0.664. The Kier molecular flexibility index (Phi) is 5.28. The van der Waals surface area contributed by atoms with Gasteiger partial charge in [0.2, 0.25) is 0 Å². The van der Waals surface area contributed by atoms with Crippen molar-refractivity contribution in [3.63, 3.8) is 0 Å². The van der Waals surface area contributed by atoms with Gasteiger partial charge < -0.3 is 4.55 Å². The highest BCUT2D eigenvalue weighted by Crippen LogP contribution is 2.34. The fraction of sp³-hybridized carbons (Fsp3) is 0.545. The molecule has 1 heterocycles. The second-order valence-electron chi connectivity index (χ2n) is 4.89. The fourth-order valence-corrected chi connectivity index (χ4v) is 2.24. The average Bonchev–Trinajstić information content (AvgIpc) is 2.24. The predicted molar refractivity (Wildman–Crippen MR) is 71.8 cm³/mol. The van der Waals surface area contributed by atoms with Crippen LogP contribution in [0.25, 0.3) is 0 Å². The van der Waals surface area contributed by atoms with Crippen molar-refractivity contribution in [2.45, 2.75) is 37.7 Å². The molecular formula is C11H14BrF3N2OS. The van der Waals surface area contributed by atoms with Crippen molar-refractivity contribution in [1.29, 1.82) is 0 Å². The number of nitrogens with one attached hydrogen (secondary N) is 1. The zero-order valence-corrected chi connectivity index (χ0v) is 13.0. The molecule has 0 amide bonds. The van der Waals surface area contributed by atoms with Gasteiger partial charge in [-0.2, -0.15) is 13.2 Å². The monoisotopic (exact) mass is 358 g/mol. The van der Waals surface area contributed by atoms with Crippen LogP contribution in [-0.2, 0) is 11.4 Å². The third-order valence-corrected chi connectivity index (χ3v) is 4.22. The second-order valence-corrected chi connectivity index (χ2v) is 7.70. The van der Waals surface area contributed by atoms with Gasteiger partial charge in [0.05, 0.1) is 0 Å². The summed E-state index contributed by atoms with van der Waals surface area (Å²) >= 11 is 1.23. The summed E-state index contributed by atoms with van der Waals surface area (Å²) < 4.78 is 52.7. The molecule has 0 aliphatic heterocycles. The first-order valence-corrected chi connectivity index (χ1v) is 7.32. The molecule has 8 heteroatoms. The van der Waals surface area contributed by atoms with Crippen LogP contribution in [0.3, 0.4) is 0 Å². The van der Waals surface area contributed by atoms with Gasteiger partial charge in [0.15, 0.2) is 6.04 Å². The highest BCUT2D eigenvalue weighted by atomic mass is 79.9. The van der Waals surface area contributed by atoms with Crippen LogP contribution in [0.5, 0.6) is 0 Å². The molecule has 0 fully saturated rings. The third kappa shape index (κ3) is 4.94. The minimum Gasteiger partial charge on any atom is -0.598 e. The lowest BCUT2D eigenvalue weighted by atomic mass is 10.1. The molecule has 0 spiro atoms. The lowest BCUT2D eigenvalue weighted by molar-refractivity contribution is -0.153. The minimum atomic E-state index is -4.55. The Hall–Kier alpha value is -0.310. The lowest BCUT2D eigenvalue weighted by Gasteiger charge is -2.29. The molecule has 0 aliphatic carbocycles. The van der Waals surface area contributed by atoms with E-state index in [-0.39, 0.29) is 5.56 Å². The first kappa shape index (κ1) is 16.7. The number of halogens is 4. The molecule has 1 N–H and O–H groups in total. The second kappa shape index (κ2) is 5.99. The zero-order chi connectivity index (χ0) is 14.8. The standard InChI is InChI=1S/C11H14BrF3N2OS/c1-10(2,3)19(18)17-9(11(13,14)15)7-4-5-8(12)16-6-7/h4-6,9,17H,1-3H3/t9-,19+/m1/s1. The number of hydrogen-bond donors (Lipinski definition) is 1. The molecule has 0 saturated carbocycles. The molecule has 0 aliphatic rings. The van der Waals surface area contributed by atoms with Gasteiger partial charge in [0, 0.05) is 23.1 Å². The number of hydrogen-bond acceptors (Lipinski definition) is 3. The Labute approximate surface area is 121 Å². The molecule has 19 heavy (non-hydrogen) atoms. The van der Waals surface area contributed by atoms with E-state index in [0.717, 1.165) is 6.20 Å². The topological polar surface area (TPSA) is 48.0 Å². The van der Waals surface area contributed by atoms with Gasteiger partial charge in [-0.3, -0.25) is 0 Å². The first-order valence-electron chi connectivity index (χ1n) is 5.38. The van der Waals surface area contributed by atoms with Crippen molar-refractivity contribution < 1.29 is 17.7 Å². The summed E-state index contributed by atoms with van der Waals surface area (Å²) in [4.78, 5) is 3.76. The van der Waals surface area contributed by atoms with E-state index in [9.17, 15) is 17.7 Å². The maximum atomic E-state index is 13.0. The van der Waals surface area contributed by atoms with E-state index in [1.54, 1.807) is 20.8 Å². The van der Waals surface area contributed by atoms with Crippen LogP contribution in [0.15, 0.2) is 22.9 Å². The van der Waals surface area contributed by atoms with Gasteiger partial charge in [-0.05, 0) is 42.8 Å². The third-order valence-electron chi connectivity index (χ3n) is 2.19. The summed E-state index contributed by atoms with van der Waals surface area (Å²) in [6.45, 7) is 4.80. The molecule has 1 aromatic heterocycles. The maximum absolute atomic E-state index is 13.0. The summed E-state index contributed by atoms with van der Waals surface area (Å²) in [6.07, 6.45) is -3.44. The normalized spacial score (nSPS) is 16.2. The van der Waals surface area contributed by atoms with E-state index < -0.39 is 28.3 Å².